The van der Waals surface area contributed by atoms with Gasteiger partial charge in [-0.15, -0.1) is 11.3 Å². The lowest BCUT2D eigenvalue weighted by Gasteiger charge is -2.04. The number of aromatic nitrogens is 1. The van der Waals surface area contributed by atoms with Gasteiger partial charge in [0, 0.05) is 22.8 Å². The predicted octanol–water partition coefficient (Wildman–Crippen LogP) is 2.19. The Morgan fingerprint density at radius 2 is 2.20 bits per heavy atom. The minimum Gasteiger partial charge on any atom is -0.398 e. The van der Waals surface area contributed by atoms with Gasteiger partial charge in [0.2, 0.25) is 0 Å². The Morgan fingerprint density at radius 3 is 2.87 bits per heavy atom. The fourth-order valence-electron chi connectivity index (χ4n) is 1.27. The van der Waals surface area contributed by atoms with Gasteiger partial charge in [-0.1, -0.05) is 11.6 Å². The molecule has 3 nitrogen and oxygen atoms in total. The van der Waals surface area contributed by atoms with E-state index >= 15 is 0 Å². The second-order valence-electron chi connectivity index (χ2n) is 3.12. The van der Waals surface area contributed by atoms with E-state index in [1.54, 1.807) is 16.8 Å². The van der Waals surface area contributed by atoms with Gasteiger partial charge >= 0.3 is 0 Å². The molecule has 0 bridgehead atoms. The van der Waals surface area contributed by atoms with E-state index in [1.807, 2.05) is 11.4 Å². The fourth-order valence-corrected chi connectivity index (χ4v) is 2.36. The largest absolute Gasteiger partial charge is 0.398 e. The topological polar surface area (TPSA) is 48.0 Å². The molecule has 2 N–H and O–H groups in total. The molecule has 0 fully saturated rings. The van der Waals surface area contributed by atoms with E-state index in [4.69, 9.17) is 17.3 Å². The number of nitrogen functional groups attached to an aromatic ring is 1. The van der Waals surface area contributed by atoms with Gasteiger partial charge in [-0.25, -0.2) is 0 Å². The van der Waals surface area contributed by atoms with Crippen molar-refractivity contribution in [1.29, 1.82) is 0 Å². The van der Waals surface area contributed by atoms with Gasteiger partial charge in [-0.05, 0) is 17.5 Å². The Balaban J connectivity index is 2.36. The summed E-state index contributed by atoms with van der Waals surface area (Å²) in [7, 11) is 0. The van der Waals surface area contributed by atoms with Crippen LogP contribution in [-0.4, -0.2) is 4.57 Å². The van der Waals surface area contributed by atoms with Gasteiger partial charge in [0.1, 0.15) is 0 Å². The van der Waals surface area contributed by atoms with Crippen molar-refractivity contribution in [2.24, 2.45) is 0 Å². The van der Waals surface area contributed by atoms with Gasteiger partial charge in [0.05, 0.1) is 11.6 Å². The van der Waals surface area contributed by atoms with Gasteiger partial charge in [-0.2, -0.15) is 0 Å². The molecule has 0 aliphatic heterocycles. The van der Waals surface area contributed by atoms with Crippen LogP contribution in [-0.2, 0) is 6.54 Å². The van der Waals surface area contributed by atoms with Crippen LogP contribution in [0.3, 0.4) is 0 Å². The zero-order valence-corrected chi connectivity index (χ0v) is 9.39. The first-order valence-electron chi connectivity index (χ1n) is 4.34. The molecule has 0 spiro atoms. The van der Waals surface area contributed by atoms with Crippen LogP contribution in [0.4, 0.5) is 5.69 Å². The first-order chi connectivity index (χ1) is 7.16. The summed E-state index contributed by atoms with van der Waals surface area (Å²) in [6.45, 7) is 0.473. The molecular weight excluding hydrogens is 232 g/mol. The van der Waals surface area contributed by atoms with Crippen LogP contribution in [0, 0.1) is 0 Å². The number of anilines is 1. The zero-order chi connectivity index (χ0) is 10.8. The van der Waals surface area contributed by atoms with Crippen LogP contribution in [0.25, 0.3) is 0 Å². The van der Waals surface area contributed by atoms with E-state index in [2.05, 4.69) is 0 Å². The number of pyridine rings is 1. The smallest absolute Gasteiger partial charge is 0.250 e. The second kappa shape index (κ2) is 4.08. The maximum absolute atomic E-state index is 11.5. The summed E-state index contributed by atoms with van der Waals surface area (Å²) in [5, 5.41) is 2.59. The van der Waals surface area contributed by atoms with Crippen LogP contribution >= 0.6 is 22.9 Å². The van der Waals surface area contributed by atoms with Crippen molar-refractivity contribution in [2.45, 2.75) is 6.54 Å². The second-order valence-corrected chi connectivity index (χ2v) is 4.53. The lowest BCUT2D eigenvalue weighted by molar-refractivity contribution is 0.772. The fraction of sp³-hybridized carbons (Fsp3) is 0.100. The number of hydrogen-bond acceptors (Lipinski definition) is 3. The molecule has 2 rings (SSSR count). The third-order valence-corrected chi connectivity index (χ3v) is 3.38. The first kappa shape index (κ1) is 10.3. The number of halogens is 1. The Labute approximate surface area is 95.7 Å². The summed E-state index contributed by atoms with van der Waals surface area (Å²) < 4.78 is 1.55. The minimum absolute atomic E-state index is 0.0753. The van der Waals surface area contributed by atoms with Crippen LogP contribution in [0.15, 0.2) is 34.6 Å². The average molecular weight is 241 g/mol. The van der Waals surface area contributed by atoms with Gasteiger partial charge < -0.3 is 10.3 Å². The molecule has 0 aromatic carbocycles. The van der Waals surface area contributed by atoms with E-state index in [1.165, 1.54) is 17.4 Å². The third kappa shape index (κ3) is 2.22. The van der Waals surface area contributed by atoms with E-state index in [0.29, 0.717) is 17.3 Å². The molecule has 0 aliphatic carbocycles. The lowest BCUT2D eigenvalue weighted by Crippen LogP contribution is -2.19. The maximum Gasteiger partial charge on any atom is 0.250 e. The van der Waals surface area contributed by atoms with Crippen molar-refractivity contribution in [3.63, 3.8) is 0 Å². The minimum atomic E-state index is -0.0753. The molecule has 0 aliphatic rings. The van der Waals surface area contributed by atoms with Crippen molar-refractivity contribution < 1.29 is 0 Å². The SMILES string of the molecule is Nc1ccc(=O)n(Cc2sccc2Cl)c1. The summed E-state index contributed by atoms with van der Waals surface area (Å²) in [5.74, 6) is 0. The molecule has 5 heteroatoms. The number of thiophene rings is 1. The molecule has 0 unspecified atom stereocenters. The molecule has 2 aromatic heterocycles. The monoisotopic (exact) mass is 240 g/mol. The van der Waals surface area contributed by atoms with Crippen LogP contribution in [0.2, 0.25) is 5.02 Å². The Morgan fingerprint density at radius 1 is 1.40 bits per heavy atom. The van der Waals surface area contributed by atoms with Crippen molar-refractivity contribution in [2.75, 3.05) is 5.73 Å². The predicted molar refractivity (Wildman–Crippen MR) is 63.5 cm³/mol. The summed E-state index contributed by atoms with van der Waals surface area (Å²) in [4.78, 5) is 12.4. The third-order valence-electron chi connectivity index (χ3n) is 2.01. The van der Waals surface area contributed by atoms with E-state index in [-0.39, 0.29) is 5.56 Å². The molecule has 78 valence electrons. The van der Waals surface area contributed by atoms with Crippen molar-refractivity contribution in [3.05, 3.63) is 50.0 Å². The molecular formula is C10H9ClN2OS. The normalized spacial score (nSPS) is 10.5. The van der Waals surface area contributed by atoms with Gasteiger partial charge in [0.15, 0.2) is 0 Å². The zero-order valence-electron chi connectivity index (χ0n) is 7.81. The van der Waals surface area contributed by atoms with E-state index < -0.39 is 0 Å². The standard InChI is InChI=1S/C10H9ClN2OS/c11-8-3-4-15-9(8)6-13-5-7(12)1-2-10(13)14/h1-5H,6,12H2. The summed E-state index contributed by atoms with van der Waals surface area (Å²) >= 11 is 7.47. The van der Waals surface area contributed by atoms with Crippen LogP contribution in [0.1, 0.15) is 4.88 Å². The summed E-state index contributed by atoms with van der Waals surface area (Å²) in [6, 6.07) is 4.87. The molecule has 0 atom stereocenters. The number of hydrogen-bond donors (Lipinski definition) is 1. The summed E-state index contributed by atoms with van der Waals surface area (Å²) in [5.41, 5.74) is 6.10. The molecule has 2 aromatic rings. The first-order valence-corrected chi connectivity index (χ1v) is 5.60. The number of nitrogens with zero attached hydrogens (tertiary/aromatic N) is 1. The van der Waals surface area contributed by atoms with E-state index in [9.17, 15) is 4.79 Å². The molecule has 0 radical (unpaired) electrons. The lowest BCUT2D eigenvalue weighted by atomic mass is 10.4. The van der Waals surface area contributed by atoms with Crippen molar-refractivity contribution in [1.82, 2.24) is 4.57 Å². The molecule has 15 heavy (non-hydrogen) atoms. The quantitative estimate of drug-likeness (QED) is 0.875. The summed E-state index contributed by atoms with van der Waals surface area (Å²) in [6.07, 6.45) is 1.62. The van der Waals surface area contributed by atoms with Gasteiger partial charge in [0.25, 0.3) is 5.56 Å². The average Bonchev–Trinajstić information content (AvgIpc) is 2.58. The maximum atomic E-state index is 11.5. The highest BCUT2D eigenvalue weighted by Crippen LogP contribution is 2.22. The van der Waals surface area contributed by atoms with Crippen molar-refractivity contribution >= 4 is 28.6 Å². The van der Waals surface area contributed by atoms with E-state index in [0.717, 1.165) is 4.88 Å². The van der Waals surface area contributed by atoms with Crippen molar-refractivity contribution in [3.8, 4) is 0 Å². The Bertz CT molecular complexity index is 532. The molecule has 0 saturated heterocycles. The van der Waals surface area contributed by atoms with Crippen LogP contribution < -0.4 is 11.3 Å². The Kier molecular flexibility index (Phi) is 2.79. The highest BCUT2D eigenvalue weighted by molar-refractivity contribution is 7.10. The highest BCUT2D eigenvalue weighted by atomic mass is 35.5. The Hall–Kier alpha value is -1.26. The molecule has 0 amide bonds. The number of nitrogens with two attached hydrogens (primary N) is 1. The number of rotatable bonds is 2. The molecule has 0 saturated carbocycles. The molecule has 2 heterocycles. The van der Waals surface area contributed by atoms with Gasteiger partial charge in [-0.3, -0.25) is 4.79 Å². The highest BCUT2D eigenvalue weighted by Gasteiger charge is 2.03. The van der Waals surface area contributed by atoms with Crippen LogP contribution in [0.5, 0.6) is 0 Å².